The molecule has 0 fully saturated rings. The molecule has 4 aromatic carbocycles. The van der Waals surface area contributed by atoms with Gasteiger partial charge in [-0.1, -0.05) is 84.9 Å². The van der Waals surface area contributed by atoms with E-state index in [2.05, 4.69) is 53.1 Å². The third-order valence-electron chi connectivity index (χ3n) is 5.25. The van der Waals surface area contributed by atoms with Crippen LogP contribution in [0.2, 0.25) is 0 Å². The molecule has 0 bridgehead atoms. The molecule has 136 valence electrons. The zero-order valence-electron chi connectivity index (χ0n) is 15.4. The molecule has 0 saturated heterocycles. The normalized spacial score (nSPS) is 12.5. The predicted molar refractivity (Wildman–Crippen MR) is 113 cm³/mol. The van der Waals surface area contributed by atoms with E-state index in [1.165, 1.54) is 16.3 Å². The molecule has 5 rings (SSSR count). The van der Waals surface area contributed by atoms with Crippen LogP contribution < -0.4 is 0 Å². The smallest absolute Gasteiger partial charge is 0.143 e. The SMILES string of the molecule is OC(c1ccccc1)c1nc2ccccc2n1Cc1cccc2ccccc12. The summed E-state index contributed by atoms with van der Waals surface area (Å²) in [5.41, 5.74) is 3.98. The van der Waals surface area contributed by atoms with Gasteiger partial charge in [0.15, 0.2) is 0 Å². The summed E-state index contributed by atoms with van der Waals surface area (Å²) in [5, 5.41) is 13.5. The first kappa shape index (κ1) is 16.7. The van der Waals surface area contributed by atoms with Crippen molar-refractivity contribution < 1.29 is 5.11 Å². The number of hydrogen-bond acceptors (Lipinski definition) is 2. The Hall–Kier alpha value is -3.43. The average Bonchev–Trinajstić information content (AvgIpc) is 3.12. The Morgan fingerprint density at radius 2 is 1.46 bits per heavy atom. The van der Waals surface area contributed by atoms with E-state index in [1.807, 2.05) is 48.5 Å². The summed E-state index contributed by atoms with van der Waals surface area (Å²) in [6, 6.07) is 32.5. The third-order valence-corrected chi connectivity index (χ3v) is 5.25. The maximum atomic E-state index is 11.1. The van der Waals surface area contributed by atoms with Gasteiger partial charge >= 0.3 is 0 Å². The molecule has 0 spiro atoms. The van der Waals surface area contributed by atoms with E-state index in [-0.39, 0.29) is 0 Å². The van der Waals surface area contributed by atoms with E-state index in [4.69, 9.17) is 4.98 Å². The second kappa shape index (κ2) is 6.95. The number of hydrogen-bond donors (Lipinski definition) is 1. The zero-order chi connectivity index (χ0) is 18.9. The number of para-hydroxylation sites is 2. The van der Waals surface area contributed by atoms with Gasteiger partial charge < -0.3 is 9.67 Å². The number of aliphatic hydroxyl groups is 1. The van der Waals surface area contributed by atoms with Crippen LogP contribution in [0.25, 0.3) is 21.8 Å². The van der Waals surface area contributed by atoms with Gasteiger partial charge in [0.25, 0.3) is 0 Å². The van der Waals surface area contributed by atoms with Crippen molar-refractivity contribution in [2.75, 3.05) is 0 Å². The zero-order valence-corrected chi connectivity index (χ0v) is 15.4. The second-order valence-corrected chi connectivity index (χ2v) is 7.00. The highest BCUT2D eigenvalue weighted by atomic mass is 16.3. The van der Waals surface area contributed by atoms with E-state index in [0.717, 1.165) is 16.6 Å². The maximum Gasteiger partial charge on any atom is 0.143 e. The lowest BCUT2D eigenvalue weighted by molar-refractivity contribution is 0.206. The Kier molecular flexibility index (Phi) is 4.15. The van der Waals surface area contributed by atoms with Crippen LogP contribution in [-0.2, 0) is 6.54 Å². The molecule has 0 saturated carbocycles. The average molecular weight is 364 g/mol. The van der Waals surface area contributed by atoms with Gasteiger partial charge in [0.1, 0.15) is 11.9 Å². The number of imidazole rings is 1. The number of nitrogens with zero attached hydrogens (tertiary/aromatic N) is 2. The quantitative estimate of drug-likeness (QED) is 0.469. The van der Waals surface area contributed by atoms with Gasteiger partial charge in [-0.2, -0.15) is 0 Å². The lowest BCUT2D eigenvalue weighted by atomic mass is 10.0. The second-order valence-electron chi connectivity index (χ2n) is 7.00. The number of aromatic nitrogens is 2. The van der Waals surface area contributed by atoms with Crippen molar-refractivity contribution >= 4 is 21.8 Å². The Morgan fingerprint density at radius 3 is 2.36 bits per heavy atom. The van der Waals surface area contributed by atoms with Gasteiger partial charge in [-0.3, -0.25) is 0 Å². The molecule has 1 N–H and O–H groups in total. The van der Waals surface area contributed by atoms with Crippen LogP contribution in [0.3, 0.4) is 0 Å². The summed E-state index contributed by atoms with van der Waals surface area (Å²) in [6.45, 7) is 0.654. The van der Waals surface area contributed by atoms with Crippen molar-refractivity contribution in [1.82, 2.24) is 9.55 Å². The highest BCUT2D eigenvalue weighted by Crippen LogP contribution is 2.28. The number of rotatable bonds is 4. The lowest BCUT2D eigenvalue weighted by Gasteiger charge is -2.15. The van der Waals surface area contributed by atoms with E-state index < -0.39 is 6.10 Å². The Labute approximate surface area is 163 Å². The minimum Gasteiger partial charge on any atom is -0.380 e. The van der Waals surface area contributed by atoms with E-state index in [0.29, 0.717) is 12.4 Å². The van der Waals surface area contributed by atoms with Crippen molar-refractivity contribution in [3.8, 4) is 0 Å². The molecule has 5 aromatic rings. The standard InChI is InChI=1S/C25H20N2O/c28-24(19-10-2-1-3-11-19)25-26-22-15-6-7-16-23(22)27(25)17-20-13-8-12-18-9-4-5-14-21(18)20/h1-16,24,28H,17H2. The topological polar surface area (TPSA) is 38.1 Å². The molecular formula is C25H20N2O. The molecular weight excluding hydrogens is 344 g/mol. The van der Waals surface area contributed by atoms with Crippen LogP contribution >= 0.6 is 0 Å². The predicted octanol–water partition coefficient (Wildman–Crippen LogP) is 5.32. The fourth-order valence-electron chi connectivity index (χ4n) is 3.85. The van der Waals surface area contributed by atoms with E-state index in [9.17, 15) is 5.11 Å². The van der Waals surface area contributed by atoms with Gasteiger partial charge in [-0.05, 0) is 34.0 Å². The fourth-order valence-corrected chi connectivity index (χ4v) is 3.85. The van der Waals surface area contributed by atoms with Crippen molar-refractivity contribution in [3.63, 3.8) is 0 Å². The third kappa shape index (κ3) is 2.86. The Bertz CT molecular complexity index is 1250. The molecule has 1 aromatic heterocycles. The van der Waals surface area contributed by atoms with Crippen molar-refractivity contribution in [1.29, 1.82) is 0 Å². The van der Waals surface area contributed by atoms with Gasteiger partial charge in [0.05, 0.1) is 17.6 Å². The van der Waals surface area contributed by atoms with E-state index in [1.54, 1.807) is 0 Å². The van der Waals surface area contributed by atoms with Crippen LogP contribution in [0.15, 0.2) is 97.1 Å². The highest BCUT2D eigenvalue weighted by molar-refractivity contribution is 5.86. The molecule has 0 aliphatic heterocycles. The molecule has 0 aliphatic rings. The minimum atomic E-state index is -0.774. The van der Waals surface area contributed by atoms with Gasteiger partial charge in [-0.15, -0.1) is 0 Å². The first-order valence-electron chi connectivity index (χ1n) is 9.46. The summed E-state index contributed by atoms with van der Waals surface area (Å²) in [6.07, 6.45) is -0.774. The van der Waals surface area contributed by atoms with Crippen LogP contribution in [-0.4, -0.2) is 14.7 Å². The van der Waals surface area contributed by atoms with Crippen LogP contribution in [0.1, 0.15) is 23.1 Å². The Balaban J connectivity index is 1.68. The first-order valence-corrected chi connectivity index (χ1v) is 9.46. The highest BCUT2D eigenvalue weighted by Gasteiger charge is 2.20. The summed E-state index contributed by atoms with van der Waals surface area (Å²) in [5.74, 6) is 0.667. The number of benzene rings is 4. The lowest BCUT2D eigenvalue weighted by Crippen LogP contribution is -2.11. The Morgan fingerprint density at radius 1 is 0.750 bits per heavy atom. The number of fused-ring (bicyclic) bond motifs is 2. The molecule has 1 unspecified atom stereocenters. The summed E-state index contributed by atoms with van der Waals surface area (Å²) >= 11 is 0. The first-order chi connectivity index (χ1) is 13.8. The molecule has 3 heteroatoms. The largest absolute Gasteiger partial charge is 0.380 e. The summed E-state index contributed by atoms with van der Waals surface area (Å²) in [7, 11) is 0. The minimum absolute atomic E-state index is 0.654. The molecule has 0 radical (unpaired) electrons. The van der Waals surface area contributed by atoms with Gasteiger partial charge in [0.2, 0.25) is 0 Å². The summed E-state index contributed by atoms with van der Waals surface area (Å²) in [4.78, 5) is 4.78. The van der Waals surface area contributed by atoms with Gasteiger partial charge in [-0.25, -0.2) is 4.98 Å². The van der Waals surface area contributed by atoms with Crippen molar-refractivity contribution in [2.24, 2.45) is 0 Å². The van der Waals surface area contributed by atoms with Crippen molar-refractivity contribution in [3.05, 3.63) is 114 Å². The van der Waals surface area contributed by atoms with Crippen LogP contribution in [0.4, 0.5) is 0 Å². The maximum absolute atomic E-state index is 11.1. The molecule has 28 heavy (non-hydrogen) atoms. The fraction of sp³-hybridized carbons (Fsp3) is 0.0800. The monoisotopic (exact) mass is 364 g/mol. The molecule has 1 heterocycles. The molecule has 1 atom stereocenters. The summed E-state index contributed by atoms with van der Waals surface area (Å²) < 4.78 is 2.13. The van der Waals surface area contributed by atoms with Gasteiger partial charge in [0, 0.05) is 0 Å². The molecule has 0 amide bonds. The number of aliphatic hydroxyl groups excluding tert-OH is 1. The molecule has 0 aliphatic carbocycles. The molecule has 3 nitrogen and oxygen atoms in total. The van der Waals surface area contributed by atoms with Crippen LogP contribution in [0.5, 0.6) is 0 Å². The van der Waals surface area contributed by atoms with E-state index >= 15 is 0 Å². The van der Waals surface area contributed by atoms with Crippen LogP contribution in [0, 0.1) is 0 Å². The van der Waals surface area contributed by atoms with Crippen molar-refractivity contribution in [2.45, 2.75) is 12.6 Å².